The van der Waals surface area contributed by atoms with Gasteiger partial charge in [-0.3, -0.25) is 4.57 Å². The molecule has 0 unspecified atom stereocenters. The Kier molecular flexibility index (Phi) is 7.35. The van der Waals surface area contributed by atoms with E-state index in [4.69, 9.17) is 24.9 Å². The van der Waals surface area contributed by atoms with E-state index in [1.165, 1.54) is 21.8 Å². The first kappa shape index (κ1) is 31.7. The van der Waals surface area contributed by atoms with Crippen molar-refractivity contribution in [2.75, 3.05) is 0 Å². The Balaban J connectivity index is 1.05. The lowest BCUT2D eigenvalue weighted by molar-refractivity contribution is 0.982. The van der Waals surface area contributed by atoms with Crippen molar-refractivity contribution in [3.8, 4) is 56.9 Å². The van der Waals surface area contributed by atoms with E-state index in [-0.39, 0.29) is 0 Å². The zero-order valence-electron chi connectivity index (χ0n) is 30.0. The van der Waals surface area contributed by atoms with Crippen LogP contribution in [0.15, 0.2) is 188 Å². The summed E-state index contributed by atoms with van der Waals surface area (Å²) in [6.07, 6.45) is 3.62. The van der Waals surface area contributed by atoms with Gasteiger partial charge in [0.2, 0.25) is 5.95 Å². The third kappa shape index (κ3) is 5.17. The highest BCUT2D eigenvalue weighted by Crippen LogP contribution is 2.40. The van der Waals surface area contributed by atoms with Gasteiger partial charge in [0.25, 0.3) is 0 Å². The largest absolute Gasteiger partial charge is 0.309 e. The molecule has 11 aromatic rings. The van der Waals surface area contributed by atoms with Crippen molar-refractivity contribution in [2.45, 2.75) is 0 Å². The predicted molar refractivity (Wildman–Crippen MR) is 226 cm³/mol. The summed E-state index contributed by atoms with van der Waals surface area (Å²) in [5.41, 5.74) is 10.4. The smallest absolute Gasteiger partial charge is 0.234 e. The molecule has 4 aromatic heterocycles. The minimum Gasteiger partial charge on any atom is -0.309 e. The summed E-state index contributed by atoms with van der Waals surface area (Å²) in [6.45, 7) is 0. The van der Waals surface area contributed by atoms with Crippen LogP contribution in [0.3, 0.4) is 0 Å². The summed E-state index contributed by atoms with van der Waals surface area (Å²) in [5, 5.41) is 4.72. The predicted octanol–water partition coefficient (Wildman–Crippen LogP) is 11.5. The lowest BCUT2D eigenvalue weighted by Crippen LogP contribution is -2.03. The number of para-hydroxylation sites is 3. The van der Waals surface area contributed by atoms with Crippen LogP contribution in [0.5, 0.6) is 0 Å². The highest BCUT2D eigenvalue weighted by atomic mass is 15.2. The van der Waals surface area contributed by atoms with Crippen molar-refractivity contribution in [3.63, 3.8) is 0 Å². The molecule has 0 aliphatic carbocycles. The monoisotopic (exact) mass is 717 g/mol. The molecule has 4 heterocycles. The molecule has 7 heteroatoms. The molecule has 7 aromatic carbocycles. The molecule has 7 nitrogen and oxygen atoms in total. The van der Waals surface area contributed by atoms with Crippen molar-refractivity contribution in [1.29, 1.82) is 0 Å². The molecule has 0 atom stereocenters. The third-order valence-electron chi connectivity index (χ3n) is 10.5. The van der Waals surface area contributed by atoms with E-state index in [0.29, 0.717) is 29.0 Å². The van der Waals surface area contributed by atoms with Crippen LogP contribution in [-0.4, -0.2) is 34.1 Å². The molecule has 0 spiro atoms. The van der Waals surface area contributed by atoms with Crippen molar-refractivity contribution in [2.24, 2.45) is 0 Å². The number of benzene rings is 7. The van der Waals surface area contributed by atoms with Gasteiger partial charge in [0.05, 0.1) is 27.6 Å². The number of aromatic nitrogens is 7. The second-order valence-corrected chi connectivity index (χ2v) is 13.8. The van der Waals surface area contributed by atoms with Crippen LogP contribution >= 0.6 is 0 Å². The lowest BCUT2D eigenvalue weighted by atomic mass is 9.98. The Morgan fingerprint density at radius 2 is 0.857 bits per heavy atom. The van der Waals surface area contributed by atoms with Crippen LogP contribution in [0, 0.1) is 0 Å². The van der Waals surface area contributed by atoms with E-state index in [1.807, 2.05) is 73.1 Å². The summed E-state index contributed by atoms with van der Waals surface area (Å²) in [6, 6.07) is 61.0. The maximum atomic E-state index is 4.96. The summed E-state index contributed by atoms with van der Waals surface area (Å²) in [7, 11) is 0. The van der Waals surface area contributed by atoms with Gasteiger partial charge in [-0.15, -0.1) is 0 Å². The lowest BCUT2D eigenvalue weighted by Gasteiger charge is -2.10. The van der Waals surface area contributed by atoms with Gasteiger partial charge in [0.15, 0.2) is 17.5 Å². The molecule has 0 aliphatic heterocycles. The SMILES string of the molecule is c1ccc(-c2nc(-c3ccccc3)nc(-c3cnc(-n4c5ccccc5c5c(-c6ccc7c(c6)c6ccccc6n7-c6ccccc6)cccc54)nc3)n2)cc1. The Morgan fingerprint density at radius 1 is 0.339 bits per heavy atom. The maximum absolute atomic E-state index is 4.96. The average molecular weight is 718 g/mol. The summed E-state index contributed by atoms with van der Waals surface area (Å²) < 4.78 is 4.50. The maximum Gasteiger partial charge on any atom is 0.234 e. The molecule has 56 heavy (non-hydrogen) atoms. The quantitative estimate of drug-likeness (QED) is 0.171. The second-order valence-electron chi connectivity index (χ2n) is 13.8. The Bertz CT molecular complexity index is 3170. The fourth-order valence-electron chi connectivity index (χ4n) is 7.96. The normalized spacial score (nSPS) is 11.6. The Morgan fingerprint density at radius 3 is 1.52 bits per heavy atom. The van der Waals surface area contributed by atoms with Crippen LogP contribution in [0.25, 0.3) is 101 Å². The van der Waals surface area contributed by atoms with Gasteiger partial charge in [-0.05, 0) is 53.6 Å². The number of hydrogen-bond donors (Lipinski definition) is 0. The minimum atomic E-state index is 0.512. The highest BCUT2D eigenvalue weighted by Gasteiger charge is 2.20. The summed E-state index contributed by atoms with van der Waals surface area (Å²) in [5.74, 6) is 2.27. The van der Waals surface area contributed by atoms with Gasteiger partial charge in [-0.2, -0.15) is 0 Å². The topological polar surface area (TPSA) is 74.3 Å². The van der Waals surface area contributed by atoms with E-state index in [9.17, 15) is 0 Å². The highest BCUT2D eigenvalue weighted by molar-refractivity contribution is 6.17. The van der Waals surface area contributed by atoms with Crippen LogP contribution in [0.4, 0.5) is 0 Å². The first-order valence-corrected chi connectivity index (χ1v) is 18.6. The first-order chi connectivity index (χ1) is 27.8. The Hall–Kier alpha value is -7.77. The third-order valence-corrected chi connectivity index (χ3v) is 10.5. The van der Waals surface area contributed by atoms with Crippen molar-refractivity contribution in [1.82, 2.24) is 34.1 Å². The molecule has 0 N–H and O–H groups in total. The van der Waals surface area contributed by atoms with Crippen LogP contribution in [0.2, 0.25) is 0 Å². The van der Waals surface area contributed by atoms with E-state index in [2.05, 4.69) is 124 Å². The van der Waals surface area contributed by atoms with E-state index in [1.54, 1.807) is 0 Å². The summed E-state index contributed by atoms with van der Waals surface area (Å²) >= 11 is 0. The van der Waals surface area contributed by atoms with Crippen LogP contribution in [0.1, 0.15) is 0 Å². The van der Waals surface area contributed by atoms with E-state index in [0.717, 1.165) is 49.7 Å². The van der Waals surface area contributed by atoms with Crippen molar-refractivity contribution < 1.29 is 0 Å². The molecule has 262 valence electrons. The van der Waals surface area contributed by atoms with Crippen molar-refractivity contribution >= 4 is 43.6 Å². The van der Waals surface area contributed by atoms with Crippen LogP contribution < -0.4 is 0 Å². The minimum absolute atomic E-state index is 0.512. The molecule has 0 bridgehead atoms. The fourth-order valence-corrected chi connectivity index (χ4v) is 7.96. The molecule has 11 rings (SSSR count). The van der Waals surface area contributed by atoms with Crippen LogP contribution in [-0.2, 0) is 0 Å². The Labute approximate surface area is 321 Å². The zero-order chi connectivity index (χ0) is 37.0. The molecule has 0 saturated carbocycles. The number of hydrogen-bond acceptors (Lipinski definition) is 5. The van der Waals surface area contributed by atoms with Gasteiger partial charge < -0.3 is 4.57 Å². The van der Waals surface area contributed by atoms with Crippen molar-refractivity contribution in [3.05, 3.63) is 188 Å². The van der Waals surface area contributed by atoms with E-state index < -0.39 is 0 Å². The number of fused-ring (bicyclic) bond motifs is 6. The summed E-state index contributed by atoms with van der Waals surface area (Å²) in [4.78, 5) is 24.5. The van der Waals surface area contributed by atoms with Gasteiger partial charge in [-0.1, -0.05) is 133 Å². The zero-order valence-corrected chi connectivity index (χ0v) is 30.0. The standard InChI is InChI=1S/C49H31N7/c1-4-15-32(16-5-1)46-52-47(33-17-6-2-7-18-33)54-48(53-46)35-30-50-49(51-31-35)56-42-25-13-11-22-39(42)45-37(23-14-26-44(45)56)34-27-28-43-40(29-34)38-21-10-12-24-41(38)55(43)36-19-8-3-9-20-36/h1-31H. The number of rotatable bonds is 6. The van der Waals surface area contributed by atoms with Gasteiger partial charge in [-0.25, -0.2) is 24.9 Å². The second kappa shape index (κ2) is 13.0. The molecular formula is C49H31N7. The molecule has 0 radical (unpaired) electrons. The molecular weight excluding hydrogens is 687 g/mol. The molecule has 0 aliphatic rings. The molecule has 0 amide bonds. The average Bonchev–Trinajstić information content (AvgIpc) is 3.80. The molecule has 0 fully saturated rings. The molecule has 0 saturated heterocycles. The van der Waals surface area contributed by atoms with Gasteiger partial charge >= 0.3 is 0 Å². The van der Waals surface area contributed by atoms with E-state index >= 15 is 0 Å². The number of nitrogens with zero attached hydrogens (tertiary/aromatic N) is 7. The first-order valence-electron chi connectivity index (χ1n) is 18.6. The fraction of sp³-hybridized carbons (Fsp3) is 0. The van der Waals surface area contributed by atoms with Gasteiger partial charge in [0, 0.05) is 50.8 Å². The van der Waals surface area contributed by atoms with Gasteiger partial charge in [0.1, 0.15) is 0 Å².